The van der Waals surface area contributed by atoms with Crippen LogP contribution in [0.1, 0.15) is 31.4 Å². The lowest BCUT2D eigenvalue weighted by atomic mass is 9.93. The number of hydrogen-bond donors (Lipinski definition) is 3. The van der Waals surface area contributed by atoms with Gasteiger partial charge in [0.25, 0.3) is 0 Å². The van der Waals surface area contributed by atoms with E-state index in [1.807, 2.05) is 12.1 Å². The number of thiazole rings is 1. The number of benzene rings is 1. The average molecular weight is 401 g/mol. The zero-order chi connectivity index (χ0) is 19.5. The first-order valence-corrected chi connectivity index (χ1v) is 10.1. The summed E-state index contributed by atoms with van der Waals surface area (Å²) in [6, 6.07) is 5.55. The van der Waals surface area contributed by atoms with Crippen molar-refractivity contribution in [1.29, 1.82) is 0 Å². The molecule has 8 nitrogen and oxygen atoms in total. The lowest BCUT2D eigenvalue weighted by Gasteiger charge is -2.27. The first-order chi connectivity index (χ1) is 13.6. The van der Waals surface area contributed by atoms with Gasteiger partial charge in [-0.3, -0.25) is 0 Å². The van der Waals surface area contributed by atoms with Gasteiger partial charge < -0.3 is 25.6 Å². The third kappa shape index (κ3) is 4.10. The predicted octanol–water partition coefficient (Wildman–Crippen LogP) is 2.97. The molecule has 1 aliphatic rings. The molecule has 0 spiro atoms. The third-order valence-corrected chi connectivity index (χ3v) is 5.74. The standard InChI is InChI=1S/C19H23N5O3S/c1-26-15-8-12(27-10-11-6-7-21-18(20)22-11)9-16-17(15)24-19(28-16)23-13-4-2-3-5-14(13)25/h6-9,13-14,25H,2-5,10H2,1H3,(H,23,24)(H2,20,21,22)/t13-,14-/m0/s1. The van der Waals surface area contributed by atoms with E-state index in [4.69, 9.17) is 15.2 Å². The van der Waals surface area contributed by atoms with E-state index in [2.05, 4.69) is 20.3 Å². The number of nitrogens with one attached hydrogen (secondary N) is 1. The molecule has 4 rings (SSSR count). The van der Waals surface area contributed by atoms with E-state index in [0.717, 1.165) is 41.0 Å². The molecule has 28 heavy (non-hydrogen) atoms. The fourth-order valence-electron chi connectivity index (χ4n) is 3.36. The van der Waals surface area contributed by atoms with Crippen LogP contribution in [0.15, 0.2) is 24.4 Å². The van der Waals surface area contributed by atoms with Crippen LogP contribution >= 0.6 is 11.3 Å². The highest BCUT2D eigenvalue weighted by Crippen LogP contribution is 2.37. The molecule has 2 aromatic heterocycles. The molecule has 0 aliphatic heterocycles. The summed E-state index contributed by atoms with van der Waals surface area (Å²) in [7, 11) is 1.61. The molecule has 4 N–H and O–H groups in total. The van der Waals surface area contributed by atoms with E-state index in [1.54, 1.807) is 19.4 Å². The van der Waals surface area contributed by atoms with E-state index in [1.165, 1.54) is 11.3 Å². The second-order valence-electron chi connectivity index (χ2n) is 6.79. The van der Waals surface area contributed by atoms with Crippen LogP contribution < -0.4 is 20.5 Å². The van der Waals surface area contributed by atoms with Crippen LogP contribution in [-0.2, 0) is 6.61 Å². The number of hydrogen-bond acceptors (Lipinski definition) is 9. The highest BCUT2D eigenvalue weighted by atomic mass is 32.1. The molecular weight excluding hydrogens is 378 g/mol. The summed E-state index contributed by atoms with van der Waals surface area (Å²) in [5, 5.41) is 14.4. The summed E-state index contributed by atoms with van der Waals surface area (Å²) in [6.45, 7) is 0.277. The average Bonchev–Trinajstić information content (AvgIpc) is 3.10. The van der Waals surface area contributed by atoms with Gasteiger partial charge in [-0.05, 0) is 25.0 Å². The molecule has 1 saturated carbocycles. The zero-order valence-electron chi connectivity index (χ0n) is 15.6. The Morgan fingerprint density at radius 1 is 1.29 bits per heavy atom. The van der Waals surface area contributed by atoms with Crippen LogP contribution in [0.4, 0.5) is 11.1 Å². The molecule has 148 valence electrons. The topological polar surface area (TPSA) is 115 Å². The second kappa shape index (κ2) is 8.15. The molecule has 3 aromatic rings. The highest BCUT2D eigenvalue weighted by Gasteiger charge is 2.24. The fourth-order valence-corrected chi connectivity index (χ4v) is 4.34. The Hall–Kier alpha value is -2.65. The number of fused-ring (bicyclic) bond motifs is 1. The third-order valence-electron chi connectivity index (χ3n) is 4.81. The smallest absolute Gasteiger partial charge is 0.220 e. The van der Waals surface area contributed by atoms with Gasteiger partial charge >= 0.3 is 0 Å². The SMILES string of the molecule is COc1cc(OCc2ccnc(N)n2)cc2sc(N[C@H]3CCCC[C@@H]3O)nc12. The number of aliphatic hydroxyl groups is 1. The number of nitrogen functional groups attached to an aromatic ring is 1. The first kappa shape index (κ1) is 18.7. The number of rotatable bonds is 6. The normalized spacial score (nSPS) is 19.5. The second-order valence-corrected chi connectivity index (χ2v) is 7.82. The van der Waals surface area contributed by atoms with Gasteiger partial charge in [0.1, 0.15) is 23.6 Å². The van der Waals surface area contributed by atoms with Gasteiger partial charge in [0.05, 0.1) is 29.6 Å². The minimum absolute atomic E-state index is 0.0410. The van der Waals surface area contributed by atoms with Gasteiger partial charge in [0.15, 0.2) is 5.13 Å². The number of ether oxygens (including phenoxy) is 2. The number of nitrogens with zero attached hydrogens (tertiary/aromatic N) is 3. The molecule has 9 heteroatoms. The number of nitrogens with two attached hydrogens (primary N) is 1. The van der Waals surface area contributed by atoms with Crippen LogP contribution in [0.25, 0.3) is 10.2 Å². The lowest BCUT2D eigenvalue weighted by Crippen LogP contribution is -2.36. The number of aromatic nitrogens is 3. The van der Waals surface area contributed by atoms with Crippen LogP contribution in [0.3, 0.4) is 0 Å². The maximum Gasteiger partial charge on any atom is 0.220 e. The summed E-state index contributed by atoms with van der Waals surface area (Å²) >= 11 is 1.52. The van der Waals surface area contributed by atoms with E-state index in [0.29, 0.717) is 17.2 Å². The molecule has 0 unspecified atom stereocenters. The van der Waals surface area contributed by atoms with Gasteiger partial charge in [-0.1, -0.05) is 24.2 Å². The Kier molecular flexibility index (Phi) is 5.45. The lowest BCUT2D eigenvalue weighted by molar-refractivity contribution is 0.116. The Morgan fingerprint density at radius 2 is 2.14 bits per heavy atom. The van der Waals surface area contributed by atoms with Crippen molar-refractivity contribution in [2.24, 2.45) is 0 Å². The molecule has 0 saturated heterocycles. The van der Waals surface area contributed by atoms with Crippen LogP contribution in [0.5, 0.6) is 11.5 Å². The largest absolute Gasteiger partial charge is 0.494 e. The van der Waals surface area contributed by atoms with Crippen molar-refractivity contribution in [3.8, 4) is 11.5 Å². The van der Waals surface area contributed by atoms with E-state index >= 15 is 0 Å². The minimum Gasteiger partial charge on any atom is -0.494 e. The first-order valence-electron chi connectivity index (χ1n) is 9.26. The maximum absolute atomic E-state index is 10.2. The van der Waals surface area contributed by atoms with Crippen molar-refractivity contribution in [2.75, 3.05) is 18.2 Å². The van der Waals surface area contributed by atoms with Crippen LogP contribution in [0, 0.1) is 0 Å². The van der Waals surface area contributed by atoms with Gasteiger partial charge in [-0.15, -0.1) is 0 Å². The molecule has 2 heterocycles. The van der Waals surface area contributed by atoms with E-state index in [9.17, 15) is 5.11 Å². The van der Waals surface area contributed by atoms with Crippen LogP contribution in [-0.4, -0.2) is 39.3 Å². The van der Waals surface area contributed by atoms with Crippen molar-refractivity contribution in [2.45, 2.75) is 44.4 Å². The summed E-state index contributed by atoms with van der Waals surface area (Å²) in [4.78, 5) is 12.7. The Labute approximate surface area is 166 Å². The van der Waals surface area contributed by atoms with Crippen molar-refractivity contribution in [3.05, 3.63) is 30.1 Å². The fraction of sp³-hybridized carbons (Fsp3) is 0.421. The Morgan fingerprint density at radius 3 is 2.93 bits per heavy atom. The molecule has 1 aliphatic carbocycles. The summed E-state index contributed by atoms with van der Waals surface area (Å²) < 4.78 is 12.3. The predicted molar refractivity (Wildman–Crippen MR) is 109 cm³/mol. The molecule has 0 amide bonds. The van der Waals surface area contributed by atoms with Gasteiger partial charge in [0, 0.05) is 12.3 Å². The molecule has 0 radical (unpaired) electrons. The molecule has 1 fully saturated rings. The van der Waals surface area contributed by atoms with Gasteiger partial charge in [-0.2, -0.15) is 0 Å². The van der Waals surface area contributed by atoms with Gasteiger partial charge in [-0.25, -0.2) is 15.0 Å². The van der Waals surface area contributed by atoms with Crippen LogP contribution in [0.2, 0.25) is 0 Å². The quantitative estimate of drug-likeness (QED) is 0.577. The summed E-state index contributed by atoms with van der Waals surface area (Å²) in [6.07, 6.45) is 5.25. The molecule has 2 atom stereocenters. The van der Waals surface area contributed by atoms with E-state index < -0.39 is 0 Å². The van der Waals surface area contributed by atoms with Crippen molar-refractivity contribution in [1.82, 2.24) is 15.0 Å². The summed E-state index contributed by atoms with van der Waals surface area (Å²) in [5.74, 6) is 1.52. The molecule has 1 aromatic carbocycles. The van der Waals surface area contributed by atoms with Crippen molar-refractivity contribution in [3.63, 3.8) is 0 Å². The Balaban J connectivity index is 1.54. The van der Waals surface area contributed by atoms with Crippen molar-refractivity contribution < 1.29 is 14.6 Å². The zero-order valence-corrected chi connectivity index (χ0v) is 16.4. The molecule has 0 bridgehead atoms. The number of anilines is 2. The minimum atomic E-state index is -0.332. The Bertz CT molecular complexity index is 964. The van der Waals surface area contributed by atoms with Crippen molar-refractivity contribution >= 4 is 32.6 Å². The van der Waals surface area contributed by atoms with E-state index in [-0.39, 0.29) is 24.7 Å². The highest BCUT2D eigenvalue weighted by molar-refractivity contribution is 7.22. The maximum atomic E-state index is 10.2. The monoisotopic (exact) mass is 401 g/mol. The number of aliphatic hydroxyl groups excluding tert-OH is 1. The van der Waals surface area contributed by atoms with Gasteiger partial charge in [0.2, 0.25) is 5.95 Å². The molecular formula is C19H23N5O3S. The number of methoxy groups -OCH3 is 1. The summed E-state index contributed by atoms with van der Waals surface area (Å²) in [5.41, 5.74) is 7.08.